The zero-order valence-corrected chi connectivity index (χ0v) is 14.3. The Kier molecular flexibility index (Phi) is 4.76. The van der Waals surface area contributed by atoms with E-state index in [0.29, 0.717) is 25.3 Å². The van der Waals surface area contributed by atoms with Gasteiger partial charge >= 0.3 is 0 Å². The van der Waals surface area contributed by atoms with Crippen molar-refractivity contribution in [2.24, 2.45) is 0 Å². The number of hydrogen-bond acceptors (Lipinski definition) is 5. The molecule has 3 heterocycles. The standard InChI is InChI=1S/C18H22N4O2/c1-13-10-15(21(2)3)11-16(20-13)17-12-22(8-9-24-17)18(23)14-4-6-19-7-5-14/h4-7,10-11,17H,8-9,12H2,1-3H3. The number of amides is 1. The third-order valence-electron chi connectivity index (χ3n) is 4.09. The fourth-order valence-electron chi connectivity index (χ4n) is 2.79. The predicted molar refractivity (Wildman–Crippen MR) is 92.1 cm³/mol. The van der Waals surface area contributed by atoms with Gasteiger partial charge in [0.25, 0.3) is 5.91 Å². The SMILES string of the molecule is Cc1cc(N(C)C)cc(C2CN(C(=O)c3ccncc3)CCO2)n1. The number of ether oxygens (including phenoxy) is 1. The lowest BCUT2D eigenvalue weighted by Gasteiger charge is -2.33. The molecular formula is C18H22N4O2. The number of nitrogens with zero attached hydrogens (tertiary/aromatic N) is 4. The largest absolute Gasteiger partial charge is 0.378 e. The van der Waals surface area contributed by atoms with Gasteiger partial charge in [0.15, 0.2) is 0 Å². The first kappa shape index (κ1) is 16.4. The second kappa shape index (κ2) is 6.97. The third kappa shape index (κ3) is 3.54. The fourth-order valence-corrected chi connectivity index (χ4v) is 2.79. The molecule has 1 aliphatic heterocycles. The van der Waals surface area contributed by atoms with Gasteiger partial charge < -0.3 is 14.5 Å². The Morgan fingerprint density at radius 3 is 2.75 bits per heavy atom. The molecule has 0 saturated carbocycles. The molecular weight excluding hydrogens is 304 g/mol. The highest BCUT2D eigenvalue weighted by molar-refractivity contribution is 5.94. The van der Waals surface area contributed by atoms with E-state index >= 15 is 0 Å². The summed E-state index contributed by atoms with van der Waals surface area (Å²) < 4.78 is 5.88. The topological polar surface area (TPSA) is 58.6 Å². The van der Waals surface area contributed by atoms with Crippen LogP contribution in [0.4, 0.5) is 5.69 Å². The first-order valence-corrected chi connectivity index (χ1v) is 8.01. The summed E-state index contributed by atoms with van der Waals surface area (Å²) in [5.41, 5.74) is 3.54. The van der Waals surface area contributed by atoms with Gasteiger partial charge in [0.05, 0.1) is 18.8 Å². The van der Waals surface area contributed by atoms with E-state index in [1.165, 1.54) is 0 Å². The van der Waals surface area contributed by atoms with Gasteiger partial charge in [-0.05, 0) is 31.2 Å². The number of anilines is 1. The van der Waals surface area contributed by atoms with Crippen molar-refractivity contribution < 1.29 is 9.53 Å². The van der Waals surface area contributed by atoms with Crippen LogP contribution in [0.2, 0.25) is 0 Å². The summed E-state index contributed by atoms with van der Waals surface area (Å²) in [5.74, 6) is 0.00573. The number of pyridine rings is 2. The number of aromatic nitrogens is 2. The molecule has 2 aromatic heterocycles. The van der Waals surface area contributed by atoms with Gasteiger partial charge in [-0.1, -0.05) is 0 Å². The van der Waals surface area contributed by atoms with Crippen molar-refractivity contribution in [2.45, 2.75) is 13.0 Å². The molecule has 1 amide bonds. The maximum absolute atomic E-state index is 12.6. The Hall–Kier alpha value is -2.47. The Balaban J connectivity index is 1.80. The van der Waals surface area contributed by atoms with Crippen LogP contribution in [0.15, 0.2) is 36.7 Å². The Morgan fingerprint density at radius 2 is 2.04 bits per heavy atom. The summed E-state index contributed by atoms with van der Waals surface area (Å²) in [6.07, 6.45) is 3.07. The van der Waals surface area contributed by atoms with Crippen molar-refractivity contribution in [3.05, 3.63) is 53.6 Å². The molecule has 6 nitrogen and oxygen atoms in total. The normalized spacial score (nSPS) is 17.6. The maximum atomic E-state index is 12.6. The summed E-state index contributed by atoms with van der Waals surface area (Å²) in [4.78, 5) is 25.1. The molecule has 1 aliphatic rings. The monoisotopic (exact) mass is 326 g/mol. The lowest BCUT2D eigenvalue weighted by atomic mass is 10.1. The van der Waals surface area contributed by atoms with Gasteiger partial charge in [-0.15, -0.1) is 0 Å². The highest BCUT2D eigenvalue weighted by atomic mass is 16.5. The van der Waals surface area contributed by atoms with Crippen LogP contribution in [0, 0.1) is 6.92 Å². The van der Waals surface area contributed by atoms with Crippen LogP contribution in [0.5, 0.6) is 0 Å². The van der Waals surface area contributed by atoms with E-state index < -0.39 is 0 Å². The van der Waals surface area contributed by atoms with Gasteiger partial charge in [0, 0.05) is 50.0 Å². The van der Waals surface area contributed by atoms with Crippen LogP contribution in [0.3, 0.4) is 0 Å². The minimum Gasteiger partial charge on any atom is -0.378 e. The molecule has 0 spiro atoms. The molecule has 0 radical (unpaired) electrons. The molecule has 126 valence electrons. The van der Waals surface area contributed by atoms with Crippen LogP contribution < -0.4 is 4.90 Å². The van der Waals surface area contributed by atoms with E-state index in [-0.39, 0.29) is 12.0 Å². The summed E-state index contributed by atoms with van der Waals surface area (Å²) in [7, 11) is 4.00. The van der Waals surface area contributed by atoms with Gasteiger partial charge in [0.2, 0.25) is 0 Å². The van der Waals surface area contributed by atoms with Crippen molar-refractivity contribution in [2.75, 3.05) is 38.7 Å². The third-order valence-corrected chi connectivity index (χ3v) is 4.09. The van der Waals surface area contributed by atoms with E-state index in [4.69, 9.17) is 4.74 Å². The van der Waals surface area contributed by atoms with Crippen molar-refractivity contribution >= 4 is 11.6 Å². The lowest BCUT2D eigenvalue weighted by Crippen LogP contribution is -2.42. The number of carbonyl (C=O) groups excluding carboxylic acids is 1. The highest BCUT2D eigenvalue weighted by Crippen LogP contribution is 2.25. The minimum atomic E-state index is -0.205. The quantitative estimate of drug-likeness (QED) is 0.864. The minimum absolute atomic E-state index is 0.00573. The predicted octanol–water partition coefficient (Wildman–Crippen LogP) is 2.06. The Bertz CT molecular complexity index is 718. The van der Waals surface area contributed by atoms with Crippen LogP contribution in [0.1, 0.15) is 27.8 Å². The molecule has 0 aliphatic carbocycles. The molecule has 0 aromatic carbocycles. The summed E-state index contributed by atoms with van der Waals surface area (Å²) in [6, 6.07) is 7.54. The van der Waals surface area contributed by atoms with Crippen LogP contribution in [-0.2, 0) is 4.74 Å². The molecule has 0 bridgehead atoms. The number of hydrogen-bond donors (Lipinski definition) is 0. The van der Waals surface area contributed by atoms with Crippen molar-refractivity contribution in [3.8, 4) is 0 Å². The average Bonchev–Trinajstić information content (AvgIpc) is 2.61. The van der Waals surface area contributed by atoms with Crippen LogP contribution in [0.25, 0.3) is 0 Å². The molecule has 1 fully saturated rings. The lowest BCUT2D eigenvalue weighted by molar-refractivity contribution is -0.0247. The number of morpholine rings is 1. The van der Waals surface area contributed by atoms with E-state index in [2.05, 4.69) is 9.97 Å². The van der Waals surface area contributed by atoms with Gasteiger partial charge in [-0.3, -0.25) is 14.8 Å². The van der Waals surface area contributed by atoms with Crippen molar-refractivity contribution in [1.29, 1.82) is 0 Å². The van der Waals surface area contributed by atoms with E-state index in [9.17, 15) is 4.79 Å². The molecule has 1 atom stereocenters. The van der Waals surface area contributed by atoms with Crippen molar-refractivity contribution in [3.63, 3.8) is 0 Å². The number of carbonyl (C=O) groups is 1. The Morgan fingerprint density at radius 1 is 1.29 bits per heavy atom. The first-order valence-electron chi connectivity index (χ1n) is 8.01. The van der Waals surface area contributed by atoms with E-state index in [1.54, 1.807) is 24.5 Å². The average molecular weight is 326 g/mol. The van der Waals surface area contributed by atoms with Crippen LogP contribution in [-0.4, -0.2) is 54.6 Å². The molecule has 1 saturated heterocycles. The maximum Gasteiger partial charge on any atom is 0.254 e. The highest BCUT2D eigenvalue weighted by Gasteiger charge is 2.27. The number of aryl methyl sites for hydroxylation is 1. The van der Waals surface area contributed by atoms with Crippen LogP contribution >= 0.6 is 0 Å². The van der Waals surface area contributed by atoms with Crippen molar-refractivity contribution in [1.82, 2.24) is 14.9 Å². The smallest absolute Gasteiger partial charge is 0.254 e. The van der Waals surface area contributed by atoms with E-state index in [1.807, 2.05) is 43.0 Å². The second-order valence-electron chi connectivity index (χ2n) is 6.13. The molecule has 6 heteroatoms. The molecule has 2 aromatic rings. The van der Waals surface area contributed by atoms with E-state index in [0.717, 1.165) is 17.1 Å². The zero-order valence-electron chi connectivity index (χ0n) is 14.3. The zero-order chi connectivity index (χ0) is 17.1. The summed E-state index contributed by atoms with van der Waals surface area (Å²) in [6.45, 7) is 3.57. The van der Waals surface area contributed by atoms with Gasteiger partial charge in [-0.2, -0.15) is 0 Å². The van der Waals surface area contributed by atoms with Gasteiger partial charge in [0.1, 0.15) is 6.10 Å². The first-order chi connectivity index (χ1) is 11.5. The molecule has 24 heavy (non-hydrogen) atoms. The molecule has 3 rings (SSSR count). The second-order valence-corrected chi connectivity index (χ2v) is 6.13. The molecule has 1 unspecified atom stereocenters. The van der Waals surface area contributed by atoms with Gasteiger partial charge in [-0.25, -0.2) is 0 Å². The Labute approximate surface area is 142 Å². The fraction of sp³-hybridized carbons (Fsp3) is 0.389. The number of rotatable bonds is 3. The summed E-state index contributed by atoms with van der Waals surface area (Å²) in [5, 5.41) is 0. The molecule has 0 N–H and O–H groups in total. The summed E-state index contributed by atoms with van der Waals surface area (Å²) >= 11 is 0.